The lowest BCUT2D eigenvalue weighted by Crippen LogP contribution is -2.33. The van der Waals surface area contributed by atoms with E-state index < -0.39 is 5.97 Å². The van der Waals surface area contributed by atoms with Gasteiger partial charge in [0.25, 0.3) is 0 Å². The average molecular weight is 270 g/mol. The summed E-state index contributed by atoms with van der Waals surface area (Å²) in [6.45, 7) is 0.443. The lowest BCUT2D eigenvalue weighted by Gasteiger charge is -1.95. The van der Waals surface area contributed by atoms with E-state index in [1.54, 1.807) is 23.1 Å². The standard InChI is InChI=1S/C13H11N5O2/c19-12(20)3-7-17-5-1-10(2-6-17)13-15-11-9-14-4-8-18(11)16-13/h1-2,4-6,8-9H,3,7H2/p+1. The van der Waals surface area contributed by atoms with Crippen LogP contribution in [0.15, 0.2) is 43.1 Å². The predicted octanol–water partition coefficient (Wildman–Crippen LogP) is 0.553. The smallest absolute Gasteiger partial charge is 0.309 e. The van der Waals surface area contributed by atoms with E-state index in [-0.39, 0.29) is 6.42 Å². The number of hydrogen-bond donors (Lipinski definition) is 1. The number of rotatable bonds is 4. The van der Waals surface area contributed by atoms with Crippen molar-refractivity contribution in [3.63, 3.8) is 0 Å². The Kier molecular flexibility index (Phi) is 3.08. The Balaban J connectivity index is 1.85. The lowest BCUT2D eigenvalue weighted by atomic mass is 10.2. The minimum absolute atomic E-state index is 0.0995. The van der Waals surface area contributed by atoms with Gasteiger partial charge in [-0.2, -0.15) is 0 Å². The molecule has 7 nitrogen and oxygen atoms in total. The van der Waals surface area contributed by atoms with Crippen LogP contribution >= 0.6 is 0 Å². The Morgan fingerprint density at radius 1 is 1.35 bits per heavy atom. The van der Waals surface area contributed by atoms with E-state index in [9.17, 15) is 4.79 Å². The van der Waals surface area contributed by atoms with Gasteiger partial charge in [0.05, 0.1) is 6.20 Å². The molecule has 0 aliphatic carbocycles. The predicted molar refractivity (Wildman–Crippen MR) is 68.7 cm³/mol. The second-order valence-corrected chi connectivity index (χ2v) is 4.28. The van der Waals surface area contributed by atoms with E-state index >= 15 is 0 Å². The zero-order valence-corrected chi connectivity index (χ0v) is 10.5. The molecule has 0 aliphatic heterocycles. The number of carboxylic acids is 1. The van der Waals surface area contributed by atoms with Gasteiger partial charge in [-0.15, -0.1) is 5.10 Å². The van der Waals surface area contributed by atoms with Crippen LogP contribution < -0.4 is 4.57 Å². The van der Waals surface area contributed by atoms with E-state index in [1.807, 2.05) is 29.1 Å². The highest BCUT2D eigenvalue weighted by atomic mass is 16.4. The van der Waals surface area contributed by atoms with Gasteiger partial charge in [-0.25, -0.2) is 14.1 Å². The fraction of sp³-hybridized carbons (Fsp3) is 0.154. The zero-order valence-electron chi connectivity index (χ0n) is 10.5. The van der Waals surface area contributed by atoms with E-state index in [0.29, 0.717) is 18.0 Å². The van der Waals surface area contributed by atoms with Crippen molar-refractivity contribution in [2.45, 2.75) is 13.0 Å². The molecular weight excluding hydrogens is 258 g/mol. The van der Waals surface area contributed by atoms with E-state index in [1.165, 1.54) is 0 Å². The van der Waals surface area contributed by atoms with Gasteiger partial charge in [-0.3, -0.25) is 9.78 Å². The number of fused-ring (bicyclic) bond motifs is 1. The van der Waals surface area contributed by atoms with Crippen LogP contribution in [0.3, 0.4) is 0 Å². The highest BCUT2D eigenvalue weighted by Gasteiger charge is 2.09. The van der Waals surface area contributed by atoms with E-state index in [0.717, 1.165) is 5.56 Å². The van der Waals surface area contributed by atoms with Crippen LogP contribution in [-0.4, -0.2) is 30.7 Å². The quantitative estimate of drug-likeness (QED) is 0.700. The van der Waals surface area contributed by atoms with Crippen LogP contribution in [0.25, 0.3) is 17.0 Å². The molecule has 100 valence electrons. The van der Waals surface area contributed by atoms with Crippen molar-refractivity contribution in [1.29, 1.82) is 0 Å². The maximum Gasteiger partial charge on any atom is 0.309 e. The maximum absolute atomic E-state index is 10.5. The summed E-state index contributed by atoms with van der Waals surface area (Å²) in [6, 6.07) is 3.73. The number of aryl methyl sites for hydroxylation is 1. The second-order valence-electron chi connectivity index (χ2n) is 4.28. The van der Waals surface area contributed by atoms with Crippen molar-refractivity contribution in [1.82, 2.24) is 19.6 Å². The number of nitrogens with zero attached hydrogens (tertiary/aromatic N) is 5. The van der Waals surface area contributed by atoms with Gasteiger partial charge in [0.2, 0.25) is 0 Å². The van der Waals surface area contributed by atoms with Gasteiger partial charge in [-0.1, -0.05) is 0 Å². The molecule has 0 amide bonds. The van der Waals surface area contributed by atoms with Gasteiger partial charge in [0, 0.05) is 30.1 Å². The number of aromatic nitrogens is 5. The molecule has 0 saturated heterocycles. The molecule has 0 aliphatic rings. The Morgan fingerprint density at radius 2 is 2.15 bits per heavy atom. The molecular formula is C13H12N5O2+. The number of hydrogen-bond acceptors (Lipinski definition) is 4. The van der Waals surface area contributed by atoms with Crippen LogP contribution in [0.4, 0.5) is 0 Å². The highest BCUT2D eigenvalue weighted by molar-refractivity contribution is 5.66. The average Bonchev–Trinajstić information content (AvgIpc) is 2.89. The molecule has 0 bridgehead atoms. The first kappa shape index (κ1) is 12.2. The van der Waals surface area contributed by atoms with Crippen LogP contribution in [0.2, 0.25) is 0 Å². The Morgan fingerprint density at radius 3 is 2.85 bits per heavy atom. The Hall–Kier alpha value is -2.83. The van der Waals surface area contributed by atoms with Crippen LogP contribution in [0.1, 0.15) is 6.42 Å². The minimum atomic E-state index is -0.809. The fourth-order valence-electron chi connectivity index (χ4n) is 1.85. The third kappa shape index (κ3) is 2.46. The third-order valence-corrected chi connectivity index (χ3v) is 2.87. The molecule has 0 atom stereocenters. The number of pyridine rings is 1. The van der Waals surface area contributed by atoms with Crippen LogP contribution in [0.5, 0.6) is 0 Å². The van der Waals surface area contributed by atoms with Crippen molar-refractivity contribution in [3.05, 3.63) is 43.1 Å². The Bertz CT molecular complexity index is 718. The summed E-state index contributed by atoms with van der Waals surface area (Å²) in [6.07, 6.45) is 8.78. The van der Waals surface area contributed by atoms with Gasteiger partial charge in [0.1, 0.15) is 6.42 Å². The van der Waals surface area contributed by atoms with Gasteiger partial charge in [0.15, 0.2) is 30.4 Å². The molecule has 0 aromatic carbocycles. The van der Waals surface area contributed by atoms with Crippen molar-refractivity contribution >= 4 is 11.6 Å². The van der Waals surface area contributed by atoms with Crippen molar-refractivity contribution in [2.75, 3.05) is 0 Å². The molecule has 3 aromatic heterocycles. The largest absolute Gasteiger partial charge is 0.481 e. The van der Waals surface area contributed by atoms with Crippen molar-refractivity contribution in [3.8, 4) is 11.4 Å². The molecule has 3 rings (SSSR count). The summed E-state index contributed by atoms with van der Waals surface area (Å²) in [5.41, 5.74) is 1.56. The summed E-state index contributed by atoms with van der Waals surface area (Å²) < 4.78 is 3.47. The molecule has 7 heteroatoms. The molecule has 20 heavy (non-hydrogen) atoms. The molecule has 3 heterocycles. The number of carboxylic acid groups (broad SMARTS) is 1. The first-order chi connectivity index (χ1) is 9.72. The van der Waals surface area contributed by atoms with E-state index in [2.05, 4.69) is 15.1 Å². The molecule has 3 aromatic rings. The molecule has 1 N–H and O–H groups in total. The summed E-state index contributed by atoms with van der Waals surface area (Å²) in [5, 5.41) is 13.0. The Labute approximate surface area is 114 Å². The normalized spacial score (nSPS) is 10.8. The minimum Gasteiger partial charge on any atom is -0.481 e. The van der Waals surface area contributed by atoms with Gasteiger partial charge >= 0.3 is 5.97 Å². The monoisotopic (exact) mass is 270 g/mol. The first-order valence-electron chi connectivity index (χ1n) is 6.10. The third-order valence-electron chi connectivity index (χ3n) is 2.87. The van der Waals surface area contributed by atoms with Crippen molar-refractivity contribution in [2.24, 2.45) is 0 Å². The zero-order chi connectivity index (χ0) is 13.9. The summed E-state index contributed by atoms with van der Waals surface area (Å²) in [4.78, 5) is 18.9. The lowest BCUT2D eigenvalue weighted by molar-refractivity contribution is -0.695. The summed E-state index contributed by atoms with van der Waals surface area (Å²) in [5.74, 6) is -0.195. The fourth-order valence-corrected chi connectivity index (χ4v) is 1.85. The number of carbonyl (C=O) groups is 1. The second kappa shape index (κ2) is 5.04. The van der Waals surface area contributed by atoms with E-state index in [4.69, 9.17) is 5.11 Å². The summed E-state index contributed by atoms with van der Waals surface area (Å²) in [7, 11) is 0. The highest BCUT2D eigenvalue weighted by Crippen LogP contribution is 2.13. The maximum atomic E-state index is 10.5. The van der Waals surface area contributed by atoms with Gasteiger partial charge < -0.3 is 5.11 Å². The topological polar surface area (TPSA) is 84.3 Å². The van der Waals surface area contributed by atoms with Crippen molar-refractivity contribution < 1.29 is 14.5 Å². The van der Waals surface area contributed by atoms with Gasteiger partial charge in [-0.05, 0) is 0 Å². The molecule has 0 radical (unpaired) electrons. The number of aliphatic carboxylic acids is 1. The molecule has 0 fully saturated rings. The molecule has 0 unspecified atom stereocenters. The molecule has 0 spiro atoms. The first-order valence-corrected chi connectivity index (χ1v) is 6.10. The van der Waals surface area contributed by atoms with Crippen LogP contribution in [-0.2, 0) is 11.3 Å². The summed E-state index contributed by atoms with van der Waals surface area (Å²) >= 11 is 0. The van der Waals surface area contributed by atoms with Crippen LogP contribution in [0, 0.1) is 0 Å². The molecule has 0 saturated carbocycles. The SMILES string of the molecule is O=C(O)CC[n+]1ccc(-c2nc3cnccn3n2)cc1.